The molecule has 4 nitrogen and oxygen atoms in total. The molecule has 0 radical (unpaired) electrons. The van der Waals surface area contributed by atoms with Gasteiger partial charge in [0, 0.05) is 36.3 Å². The van der Waals surface area contributed by atoms with Crippen LogP contribution in [-0.2, 0) is 11.3 Å². The summed E-state index contributed by atoms with van der Waals surface area (Å²) in [6.07, 6.45) is 2.12. The molecule has 0 aliphatic heterocycles. The van der Waals surface area contributed by atoms with Gasteiger partial charge >= 0.3 is 0 Å². The van der Waals surface area contributed by atoms with Gasteiger partial charge in [0.1, 0.15) is 5.82 Å². The Morgan fingerprint density at radius 3 is 2.50 bits per heavy atom. The number of rotatable bonds is 6. The van der Waals surface area contributed by atoms with Gasteiger partial charge < -0.3 is 9.88 Å². The number of hydrogen-bond acceptors (Lipinski definition) is 2. The minimum absolute atomic E-state index is 0.0489. The van der Waals surface area contributed by atoms with Crippen molar-refractivity contribution in [3.63, 3.8) is 0 Å². The number of aromatic nitrogens is 2. The van der Waals surface area contributed by atoms with Crippen LogP contribution in [-0.4, -0.2) is 27.8 Å². The topological polar surface area (TPSA) is 49.0 Å². The molecule has 0 bridgehead atoms. The summed E-state index contributed by atoms with van der Waals surface area (Å²) < 4.78 is 0. The van der Waals surface area contributed by atoms with Gasteiger partial charge in [-0.25, -0.2) is 4.98 Å². The molecule has 3 rings (SSSR count). The van der Waals surface area contributed by atoms with Crippen LogP contribution in [0.2, 0.25) is 5.02 Å². The number of carbonyl (C=O) groups is 1. The van der Waals surface area contributed by atoms with E-state index in [0.717, 1.165) is 22.6 Å². The van der Waals surface area contributed by atoms with E-state index in [2.05, 4.69) is 9.97 Å². The standard InChI is InChI=1S/C21H22ClN3O/c1-15-13-23-20(24-15)14-25(2)21(26)12-18(16-8-4-3-5-9-16)17-10-6-7-11-19(17)22/h3-11,13,18H,12,14H2,1-2H3,(H,23,24)/t18-/m1/s1. The van der Waals surface area contributed by atoms with Gasteiger partial charge in [0.2, 0.25) is 5.91 Å². The van der Waals surface area contributed by atoms with E-state index >= 15 is 0 Å². The molecule has 0 unspecified atom stereocenters. The second-order valence-corrected chi connectivity index (χ2v) is 6.86. The predicted molar refractivity (Wildman–Crippen MR) is 104 cm³/mol. The van der Waals surface area contributed by atoms with E-state index in [4.69, 9.17) is 11.6 Å². The molecule has 0 spiro atoms. The molecule has 0 aliphatic rings. The quantitative estimate of drug-likeness (QED) is 0.694. The third-order valence-corrected chi connectivity index (χ3v) is 4.77. The molecule has 2 aromatic carbocycles. The van der Waals surface area contributed by atoms with E-state index < -0.39 is 0 Å². The molecule has 0 aliphatic carbocycles. The highest BCUT2D eigenvalue weighted by Gasteiger charge is 2.22. The van der Waals surface area contributed by atoms with E-state index in [1.807, 2.05) is 61.5 Å². The maximum atomic E-state index is 12.9. The molecule has 1 heterocycles. The van der Waals surface area contributed by atoms with E-state index in [1.165, 1.54) is 0 Å². The third-order valence-electron chi connectivity index (χ3n) is 4.43. The van der Waals surface area contributed by atoms with Crippen molar-refractivity contribution in [3.8, 4) is 0 Å². The van der Waals surface area contributed by atoms with E-state index in [-0.39, 0.29) is 11.8 Å². The van der Waals surface area contributed by atoms with Gasteiger partial charge in [-0.05, 0) is 24.1 Å². The first kappa shape index (κ1) is 18.2. The van der Waals surface area contributed by atoms with E-state index in [0.29, 0.717) is 18.0 Å². The molecule has 3 aromatic rings. The Labute approximate surface area is 158 Å². The molecule has 0 fully saturated rings. The van der Waals surface area contributed by atoms with E-state index in [9.17, 15) is 4.79 Å². The Morgan fingerprint density at radius 2 is 1.85 bits per heavy atom. The lowest BCUT2D eigenvalue weighted by molar-refractivity contribution is -0.130. The zero-order chi connectivity index (χ0) is 18.5. The van der Waals surface area contributed by atoms with Crippen molar-refractivity contribution in [1.82, 2.24) is 14.9 Å². The van der Waals surface area contributed by atoms with Crippen molar-refractivity contribution >= 4 is 17.5 Å². The summed E-state index contributed by atoms with van der Waals surface area (Å²) in [5.74, 6) is 0.748. The van der Waals surface area contributed by atoms with Crippen LogP contribution < -0.4 is 0 Å². The van der Waals surface area contributed by atoms with Crippen LogP contribution in [0.25, 0.3) is 0 Å². The van der Waals surface area contributed by atoms with Gasteiger partial charge in [0.05, 0.1) is 6.54 Å². The van der Waals surface area contributed by atoms with Crippen molar-refractivity contribution in [2.45, 2.75) is 25.8 Å². The normalized spacial score (nSPS) is 12.0. The Balaban J connectivity index is 1.81. The maximum absolute atomic E-state index is 12.9. The smallest absolute Gasteiger partial charge is 0.223 e. The number of nitrogens with one attached hydrogen (secondary N) is 1. The number of benzene rings is 2. The fraction of sp³-hybridized carbons (Fsp3) is 0.238. The Hall–Kier alpha value is -2.59. The number of H-pyrrole nitrogens is 1. The van der Waals surface area contributed by atoms with Crippen LogP contribution >= 0.6 is 11.6 Å². The first-order valence-electron chi connectivity index (χ1n) is 8.58. The van der Waals surface area contributed by atoms with Gasteiger partial charge in [-0.3, -0.25) is 4.79 Å². The monoisotopic (exact) mass is 367 g/mol. The lowest BCUT2D eigenvalue weighted by Gasteiger charge is -2.22. The summed E-state index contributed by atoms with van der Waals surface area (Å²) in [7, 11) is 1.80. The van der Waals surface area contributed by atoms with Crippen LogP contribution in [0, 0.1) is 6.92 Å². The second-order valence-electron chi connectivity index (χ2n) is 6.45. The van der Waals surface area contributed by atoms with Crippen LogP contribution in [0.3, 0.4) is 0 Å². The molecule has 5 heteroatoms. The summed E-state index contributed by atoms with van der Waals surface area (Å²) in [4.78, 5) is 22.0. The van der Waals surface area contributed by atoms with Crippen LogP contribution in [0.5, 0.6) is 0 Å². The number of imidazole rings is 1. The van der Waals surface area contributed by atoms with Crippen molar-refractivity contribution in [2.75, 3.05) is 7.05 Å². The number of halogens is 1. The predicted octanol–water partition coefficient (Wildman–Crippen LogP) is 4.55. The maximum Gasteiger partial charge on any atom is 0.223 e. The molecule has 0 saturated carbocycles. The first-order valence-corrected chi connectivity index (χ1v) is 8.96. The number of amides is 1. The van der Waals surface area contributed by atoms with E-state index in [1.54, 1.807) is 18.1 Å². The minimum Gasteiger partial charge on any atom is -0.345 e. The summed E-state index contributed by atoms with van der Waals surface area (Å²) in [6.45, 7) is 2.40. The Bertz CT molecular complexity index is 876. The average molecular weight is 368 g/mol. The number of nitrogens with zero attached hydrogens (tertiary/aromatic N) is 2. The van der Waals surface area contributed by atoms with Crippen molar-refractivity contribution < 1.29 is 4.79 Å². The van der Waals surface area contributed by atoms with Gasteiger partial charge in [-0.2, -0.15) is 0 Å². The van der Waals surface area contributed by atoms with Gasteiger partial charge in [0.25, 0.3) is 0 Å². The largest absolute Gasteiger partial charge is 0.345 e. The summed E-state index contributed by atoms with van der Waals surface area (Å²) in [5.41, 5.74) is 3.03. The fourth-order valence-corrected chi connectivity index (χ4v) is 3.31. The van der Waals surface area contributed by atoms with Crippen molar-refractivity contribution in [3.05, 3.63) is 88.5 Å². The summed E-state index contributed by atoms with van der Waals surface area (Å²) >= 11 is 6.42. The van der Waals surface area contributed by atoms with Crippen molar-refractivity contribution in [1.29, 1.82) is 0 Å². The SMILES string of the molecule is Cc1cnc(CN(C)C(=O)C[C@H](c2ccccc2)c2ccccc2Cl)[nH]1. The first-order chi connectivity index (χ1) is 12.5. The zero-order valence-corrected chi connectivity index (χ0v) is 15.7. The number of aromatic amines is 1. The molecule has 1 amide bonds. The van der Waals surface area contributed by atoms with Gasteiger partial charge in [-0.1, -0.05) is 60.1 Å². The highest BCUT2D eigenvalue weighted by molar-refractivity contribution is 6.31. The van der Waals surface area contributed by atoms with Crippen LogP contribution in [0.15, 0.2) is 60.8 Å². The molecule has 1 aromatic heterocycles. The van der Waals surface area contributed by atoms with Crippen LogP contribution in [0.1, 0.15) is 35.0 Å². The highest BCUT2D eigenvalue weighted by Crippen LogP contribution is 2.33. The lowest BCUT2D eigenvalue weighted by Crippen LogP contribution is -2.28. The fourth-order valence-electron chi connectivity index (χ4n) is 3.04. The molecule has 26 heavy (non-hydrogen) atoms. The van der Waals surface area contributed by atoms with Crippen LogP contribution in [0.4, 0.5) is 0 Å². The number of hydrogen-bond donors (Lipinski definition) is 1. The molecule has 1 N–H and O–H groups in total. The summed E-state index contributed by atoms with van der Waals surface area (Å²) in [5, 5.41) is 0.679. The van der Waals surface area contributed by atoms with Crippen molar-refractivity contribution in [2.24, 2.45) is 0 Å². The Kier molecular flexibility index (Phi) is 5.74. The average Bonchev–Trinajstić information content (AvgIpc) is 3.05. The molecular formula is C21H22ClN3O. The van der Waals surface area contributed by atoms with Gasteiger partial charge in [-0.15, -0.1) is 0 Å². The molecule has 1 atom stereocenters. The number of aryl methyl sites for hydroxylation is 1. The number of carbonyl (C=O) groups excluding carboxylic acids is 1. The Morgan fingerprint density at radius 1 is 1.15 bits per heavy atom. The minimum atomic E-state index is -0.0850. The van der Waals surface area contributed by atoms with Gasteiger partial charge in [0.15, 0.2) is 0 Å². The molecular weight excluding hydrogens is 346 g/mol. The lowest BCUT2D eigenvalue weighted by atomic mass is 9.88. The highest BCUT2D eigenvalue weighted by atomic mass is 35.5. The zero-order valence-electron chi connectivity index (χ0n) is 14.9. The molecule has 134 valence electrons. The third kappa shape index (κ3) is 4.33. The second kappa shape index (κ2) is 8.19. The molecule has 0 saturated heterocycles. The summed E-state index contributed by atoms with van der Waals surface area (Å²) in [6, 6.07) is 17.7.